The minimum atomic E-state index is 0.762. The number of aromatic amines is 1. The molecule has 2 heteroatoms. The van der Waals surface area contributed by atoms with Crippen LogP contribution in [0.15, 0.2) is 78.9 Å². The van der Waals surface area contributed by atoms with Gasteiger partial charge >= 0.3 is 0 Å². The summed E-state index contributed by atoms with van der Waals surface area (Å²) >= 11 is 6.01. The standard InChI is InChI=1S/C22H14ClN/c23-17-9-5-14(6-10-17)16-8-12-21-20(13-16)19-11-7-15-3-1-2-4-18(15)22(19)24-21/h1-13,24H. The van der Waals surface area contributed by atoms with Gasteiger partial charge in [0.05, 0.1) is 5.52 Å². The fourth-order valence-corrected chi connectivity index (χ4v) is 3.59. The normalized spacial score (nSPS) is 11.5. The Morgan fingerprint density at radius 1 is 0.625 bits per heavy atom. The van der Waals surface area contributed by atoms with Crippen LogP contribution in [0.2, 0.25) is 5.02 Å². The molecule has 1 aromatic heterocycles. The monoisotopic (exact) mass is 327 g/mol. The van der Waals surface area contributed by atoms with Crippen LogP contribution in [0.5, 0.6) is 0 Å². The number of nitrogens with one attached hydrogen (secondary N) is 1. The third-order valence-corrected chi connectivity index (χ3v) is 4.93. The van der Waals surface area contributed by atoms with Crippen molar-refractivity contribution in [3.63, 3.8) is 0 Å². The maximum absolute atomic E-state index is 6.01. The number of halogens is 1. The predicted octanol–water partition coefficient (Wildman–Crippen LogP) is 6.79. The highest BCUT2D eigenvalue weighted by Crippen LogP contribution is 2.33. The van der Waals surface area contributed by atoms with Crippen LogP contribution in [0.3, 0.4) is 0 Å². The predicted molar refractivity (Wildman–Crippen MR) is 104 cm³/mol. The highest BCUT2D eigenvalue weighted by molar-refractivity contribution is 6.30. The second-order valence-electron chi connectivity index (χ2n) is 6.10. The van der Waals surface area contributed by atoms with E-state index in [0.29, 0.717) is 0 Å². The van der Waals surface area contributed by atoms with Crippen molar-refractivity contribution >= 4 is 44.2 Å². The smallest absolute Gasteiger partial charge is 0.0544 e. The van der Waals surface area contributed by atoms with Crippen molar-refractivity contribution in [2.24, 2.45) is 0 Å². The molecule has 5 rings (SSSR count). The first-order chi connectivity index (χ1) is 11.8. The molecular weight excluding hydrogens is 314 g/mol. The van der Waals surface area contributed by atoms with E-state index < -0.39 is 0 Å². The fourth-order valence-electron chi connectivity index (χ4n) is 3.46. The Labute approximate surface area is 144 Å². The maximum atomic E-state index is 6.01. The second-order valence-corrected chi connectivity index (χ2v) is 6.54. The molecule has 0 atom stereocenters. The topological polar surface area (TPSA) is 15.8 Å². The Kier molecular flexibility index (Phi) is 2.91. The molecule has 0 aliphatic carbocycles. The number of aromatic nitrogens is 1. The van der Waals surface area contributed by atoms with E-state index in [4.69, 9.17) is 11.6 Å². The Bertz CT molecular complexity index is 1200. The zero-order valence-electron chi connectivity index (χ0n) is 12.9. The number of hydrogen-bond donors (Lipinski definition) is 1. The molecule has 0 saturated carbocycles. The first kappa shape index (κ1) is 13.6. The van der Waals surface area contributed by atoms with Crippen LogP contribution in [0.25, 0.3) is 43.7 Å². The van der Waals surface area contributed by atoms with E-state index in [1.807, 2.05) is 12.1 Å². The fraction of sp³-hybridized carbons (Fsp3) is 0. The van der Waals surface area contributed by atoms with E-state index in [9.17, 15) is 0 Å². The van der Waals surface area contributed by atoms with E-state index in [2.05, 4.69) is 71.7 Å². The molecule has 0 radical (unpaired) electrons. The molecule has 5 aromatic rings. The van der Waals surface area contributed by atoms with Gasteiger partial charge < -0.3 is 4.98 Å². The molecule has 0 saturated heterocycles. The van der Waals surface area contributed by atoms with Crippen molar-refractivity contribution < 1.29 is 0 Å². The molecule has 4 aromatic carbocycles. The Morgan fingerprint density at radius 3 is 2.29 bits per heavy atom. The molecule has 0 amide bonds. The van der Waals surface area contributed by atoms with Gasteiger partial charge in [0, 0.05) is 26.7 Å². The lowest BCUT2D eigenvalue weighted by molar-refractivity contribution is 1.56. The summed E-state index contributed by atoms with van der Waals surface area (Å²) in [5.41, 5.74) is 4.75. The summed E-state index contributed by atoms with van der Waals surface area (Å²) in [6.07, 6.45) is 0. The van der Waals surface area contributed by atoms with Crippen LogP contribution < -0.4 is 0 Å². The van der Waals surface area contributed by atoms with Gasteiger partial charge in [-0.25, -0.2) is 0 Å². The van der Waals surface area contributed by atoms with Crippen LogP contribution in [-0.2, 0) is 0 Å². The third kappa shape index (κ3) is 2.02. The highest BCUT2D eigenvalue weighted by Gasteiger charge is 2.08. The number of fused-ring (bicyclic) bond motifs is 5. The van der Waals surface area contributed by atoms with Crippen molar-refractivity contribution in [3.05, 3.63) is 83.9 Å². The SMILES string of the molecule is Clc1ccc(-c2ccc3[nH]c4c5ccccc5ccc4c3c2)cc1. The summed E-state index contributed by atoms with van der Waals surface area (Å²) in [7, 11) is 0. The lowest BCUT2D eigenvalue weighted by atomic mass is 10.0. The summed E-state index contributed by atoms with van der Waals surface area (Å²) < 4.78 is 0. The van der Waals surface area contributed by atoms with Crippen molar-refractivity contribution in [1.82, 2.24) is 4.98 Å². The van der Waals surface area contributed by atoms with Gasteiger partial charge in [0.25, 0.3) is 0 Å². The minimum absolute atomic E-state index is 0.762. The Morgan fingerprint density at radius 2 is 1.42 bits per heavy atom. The number of benzene rings is 4. The molecule has 1 N–H and O–H groups in total. The number of hydrogen-bond acceptors (Lipinski definition) is 0. The molecule has 114 valence electrons. The lowest BCUT2D eigenvalue weighted by Gasteiger charge is -2.02. The summed E-state index contributed by atoms with van der Waals surface area (Å²) in [4.78, 5) is 3.59. The zero-order chi connectivity index (χ0) is 16.1. The molecule has 0 spiro atoms. The Hall–Kier alpha value is -2.77. The summed E-state index contributed by atoms with van der Waals surface area (Å²) in [5.74, 6) is 0. The van der Waals surface area contributed by atoms with Crippen molar-refractivity contribution in [3.8, 4) is 11.1 Å². The first-order valence-corrected chi connectivity index (χ1v) is 8.36. The molecule has 0 aliphatic heterocycles. The molecule has 1 heterocycles. The first-order valence-electron chi connectivity index (χ1n) is 7.99. The number of rotatable bonds is 1. The Balaban J connectivity index is 1.81. The minimum Gasteiger partial charge on any atom is -0.354 e. The molecule has 24 heavy (non-hydrogen) atoms. The van der Waals surface area contributed by atoms with Crippen LogP contribution in [0.1, 0.15) is 0 Å². The molecule has 0 bridgehead atoms. The van der Waals surface area contributed by atoms with Gasteiger partial charge in [-0.1, -0.05) is 66.2 Å². The van der Waals surface area contributed by atoms with Crippen LogP contribution in [0.4, 0.5) is 0 Å². The summed E-state index contributed by atoms with van der Waals surface area (Å²) in [5, 5.41) is 5.80. The molecular formula is C22H14ClN. The van der Waals surface area contributed by atoms with E-state index in [1.165, 1.54) is 43.7 Å². The van der Waals surface area contributed by atoms with E-state index >= 15 is 0 Å². The summed E-state index contributed by atoms with van der Waals surface area (Å²) in [6.45, 7) is 0. The summed E-state index contributed by atoms with van der Waals surface area (Å²) in [6, 6.07) is 27.5. The third-order valence-electron chi connectivity index (χ3n) is 4.68. The average Bonchev–Trinajstić information content (AvgIpc) is 3.01. The molecule has 0 aliphatic rings. The van der Waals surface area contributed by atoms with Gasteiger partial charge in [0.15, 0.2) is 0 Å². The van der Waals surface area contributed by atoms with Crippen molar-refractivity contribution in [2.45, 2.75) is 0 Å². The van der Waals surface area contributed by atoms with E-state index in [0.717, 1.165) is 5.02 Å². The van der Waals surface area contributed by atoms with E-state index in [1.54, 1.807) is 0 Å². The van der Waals surface area contributed by atoms with Crippen molar-refractivity contribution in [2.75, 3.05) is 0 Å². The van der Waals surface area contributed by atoms with Crippen LogP contribution >= 0.6 is 11.6 Å². The van der Waals surface area contributed by atoms with Crippen molar-refractivity contribution in [1.29, 1.82) is 0 Å². The zero-order valence-corrected chi connectivity index (χ0v) is 13.6. The molecule has 0 fully saturated rings. The second kappa shape index (κ2) is 5.12. The maximum Gasteiger partial charge on any atom is 0.0544 e. The van der Waals surface area contributed by atoms with Crippen LogP contribution in [-0.4, -0.2) is 4.98 Å². The number of H-pyrrole nitrogens is 1. The molecule has 1 nitrogen and oxygen atoms in total. The van der Waals surface area contributed by atoms with Crippen LogP contribution in [0, 0.1) is 0 Å². The van der Waals surface area contributed by atoms with Gasteiger partial charge in [0.2, 0.25) is 0 Å². The molecule has 0 unspecified atom stereocenters. The highest BCUT2D eigenvalue weighted by atomic mass is 35.5. The largest absolute Gasteiger partial charge is 0.354 e. The van der Waals surface area contributed by atoms with E-state index in [-0.39, 0.29) is 0 Å². The van der Waals surface area contributed by atoms with Gasteiger partial charge in [-0.2, -0.15) is 0 Å². The quantitative estimate of drug-likeness (QED) is 0.348. The van der Waals surface area contributed by atoms with Gasteiger partial charge in [0.1, 0.15) is 0 Å². The van der Waals surface area contributed by atoms with Gasteiger partial charge in [-0.15, -0.1) is 0 Å². The van der Waals surface area contributed by atoms with Gasteiger partial charge in [-0.05, 0) is 40.8 Å². The average molecular weight is 328 g/mol. The van der Waals surface area contributed by atoms with Gasteiger partial charge in [-0.3, -0.25) is 0 Å². The lowest BCUT2D eigenvalue weighted by Crippen LogP contribution is -1.77.